The molecule has 0 bridgehead atoms. The van der Waals surface area contributed by atoms with Gasteiger partial charge in [0.15, 0.2) is 0 Å². The Labute approximate surface area is 156 Å². The molecule has 140 valence electrons. The molecule has 0 atom stereocenters. The zero-order valence-corrected chi connectivity index (χ0v) is 15.5. The van der Waals surface area contributed by atoms with Gasteiger partial charge in [0, 0.05) is 32.2 Å². The predicted octanol–water partition coefficient (Wildman–Crippen LogP) is 2.26. The molecule has 10 heteroatoms. The Hall–Kier alpha value is -1.97. The van der Waals surface area contributed by atoms with Gasteiger partial charge in [-0.2, -0.15) is 0 Å². The van der Waals surface area contributed by atoms with Crippen molar-refractivity contribution in [3.63, 3.8) is 0 Å². The van der Waals surface area contributed by atoms with Crippen LogP contribution in [0.1, 0.15) is 12.8 Å². The number of sulfonamides is 1. The molecule has 2 aromatic rings. The maximum atomic E-state index is 13.2. The van der Waals surface area contributed by atoms with Gasteiger partial charge >= 0.3 is 0 Å². The average Bonchev–Trinajstić information content (AvgIpc) is 3.16. The summed E-state index contributed by atoms with van der Waals surface area (Å²) in [7, 11) is -3.76. The van der Waals surface area contributed by atoms with Crippen molar-refractivity contribution in [2.45, 2.75) is 17.7 Å². The molecule has 0 saturated carbocycles. The van der Waals surface area contributed by atoms with Gasteiger partial charge in [-0.25, -0.2) is 27.5 Å². The second-order valence-corrected chi connectivity index (χ2v) is 8.03. The molecule has 0 radical (unpaired) electrons. The maximum absolute atomic E-state index is 13.2. The Balaban J connectivity index is 1.53. The van der Waals surface area contributed by atoms with Crippen molar-refractivity contribution in [1.29, 1.82) is 0 Å². The van der Waals surface area contributed by atoms with Crippen molar-refractivity contribution in [1.82, 2.24) is 14.7 Å². The van der Waals surface area contributed by atoms with Crippen molar-refractivity contribution in [3.05, 3.63) is 41.4 Å². The third kappa shape index (κ3) is 4.60. The van der Waals surface area contributed by atoms with Gasteiger partial charge in [0.25, 0.3) is 0 Å². The highest BCUT2D eigenvalue weighted by Crippen LogP contribution is 2.20. The summed E-state index contributed by atoms with van der Waals surface area (Å²) in [6.07, 6.45) is 3.80. The monoisotopic (exact) mass is 399 g/mol. The Kier molecular flexibility index (Phi) is 5.90. The van der Waals surface area contributed by atoms with Gasteiger partial charge in [-0.3, -0.25) is 0 Å². The van der Waals surface area contributed by atoms with Crippen molar-refractivity contribution < 1.29 is 12.8 Å². The number of hydrogen-bond acceptors (Lipinski definition) is 6. The van der Waals surface area contributed by atoms with Gasteiger partial charge in [0.05, 0.1) is 9.92 Å². The number of nitrogens with zero attached hydrogens (tertiary/aromatic N) is 3. The lowest BCUT2D eigenvalue weighted by Crippen LogP contribution is -2.29. The predicted molar refractivity (Wildman–Crippen MR) is 98.6 cm³/mol. The van der Waals surface area contributed by atoms with E-state index in [0.29, 0.717) is 12.4 Å². The van der Waals surface area contributed by atoms with Crippen LogP contribution in [0.25, 0.3) is 0 Å². The quantitative estimate of drug-likeness (QED) is 0.694. The van der Waals surface area contributed by atoms with Crippen LogP contribution >= 0.6 is 11.6 Å². The number of aromatic nitrogens is 2. The van der Waals surface area contributed by atoms with Crippen LogP contribution in [-0.2, 0) is 10.0 Å². The van der Waals surface area contributed by atoms with E-state index in [9.17, 15) is 12.8 Å². The van der Waals surface area contributed by atoms with Gasteiger partial charge in [-0.05, 0) is 31.0 Å². The largest absolute Gasteiger partial charge is 0.369 e. The number of anilines is 2. The summed E-state index contributed by atoms with van der Waals surface area (Å²) in [5, 5.41) is 2.83. The van der Waals surface area contributed by atoms with E-state index in [1.54, 1.807) is 0 Å². The number of halogens is 2. The molecule has 26 heavy (non-hydrogen) atoms. The van der Waals surface area contributed by atoms with E-state index in [1.807, 2.05) is 6.07 Å². The Bertz CT molecular complexity index is 875. The van der Waals surface area contributed by atoms with E-state index in [0.717, 1.165) is 43.9 Å². The SMILES string of the molecule is O=S(=O)(NCCNc1cc(N2CCCC2)ncn1)c1ccc(F)c(Cl)c1. The number of rotatable bonds is 7. The smallest absolute Gasteiger partial charge is 0.240 e. The third-order valence-corrected chi connectivity index (χ3v) is 5.76. The van der Waals surface area contributed by atoms with Gasteiger partial charge in [-0.15, -0.1) is 0 Å². The molecule has 3 rings (SSSR count). The molecule has 0 spiro atoms. The van der Waals surface area contributed by atoms with Crippen LogP contribution in [0.15, 0.2) is 35.5 Å². The van der Waals surface area contributed by atoms with E-state index in [4.69, 9.17) is 11.6 Å². The molecule has 0 unspecified atom stereocenters. The van der Waals surface area contributed by atoms with Gasteiger partial charge in [-0.1, -0.05) is 11.6 Å². The van der Waals surface area contributed by atoms with Crippen LogP contribution in [0.3, 0.4) is 0 Å². The highest BCUT2D eigenvalue weighted by molar-refractivity contribution is 7.89. The molecule has 0 amide bonds. The summed E-state index contributed by atoms with van der Waals surface area (Å²) in [5.74, 6) is 0.831. The maximum Gasteiger partial charge on any atom is 0.240 e. The highest BCUT2D eigenvalue weighted by atomic mass is 35.5. The lowest BCUT2D eigenvalue weighted by molar-refractivity contribution is 0.582. The van der Waals surface area contributed by atoms with Crippen LogP contribution < -0.4 is 14.9 Å². The molecule has 1 aliphatic heterocycles. The summed E-state index contributed by atoms with van der Waals surface area (Å²) in [5.41, 5.74) is 0. The lowest BCUT2D eigenvalue weighted by Gasteiger charge is -2.16. The van der Waals surface area contributed by atoms with Crippen molar-refractivity contribution in [2.75, 3.05) is 36.4 Å². The average molecular weight is 400 g/mol. The first kappa shape index (κ1) is 18.8. The van der Waals surface area contributed by atoms with E-state index in [1.165, 1.54) is 12.4 Å². The molecule has 1 fully saturated rings. The first-order chi connectivity index (χ1) is 12.5. The summed E-state index contributed by atoms with van der Waals surface area (Å²) >= 11 is 5.63. The van der Waals surface area contributed by atoms with Crippen molar-refractivity contribution in [3.8, 4) is 0 Å². The molecular formula is C16H19ClFN5O2S. The van der Waals surface area contributed by atoms with E-state index < -0.39 is 15.8 Å². The summed E-state index contributed by atoms with van der Waals surface area (Å²) in [6.45, 7) is 2.44. The lowest BCUT2D eigenvalue weighted by atomic mass is 10.3. The van der Waals surface area contributed by atoms with Crippen molar-refractivity contribution in [2.24, 2.45) is 0 Å². The first-order valence-corrected chi connectivity index (χ1v) is 10.1. The summed E-state index contributed by atoms with van der Waals surface area (Å²) in [6, 6.07) is 5.12. The highest BCUT2D eigenvalue weighted by Gasteiger charge is 2.16. The first-order valence-electron chi connectivity index (χ1n) is 8.21. The fourth-order valence-corrected chi connectivity index (χ4v) is 3.97. The molecule has 7 nitrogen and oxygen atoms in total. The zero-order valence-electron chi connectivity index (χ0n) is 14.0. The minimum Gasteiger partial charge on any atom is -0.369 e. The molecule has 2 heterocycles. The second-order valence-electron chi connectivity index (χ2n) is 5.86. The number of hydrogen-bond donors (Lipinski definition) is 2. The fourth-order valence-electron chi connectivity index (χ4n) is 2.67. The molecule has 1 aromatic carbocycles. The minimum absolute atomic E-state index is 0.0812. The Morgan fingerprint density at radius 3 is 2.65 bits per heavy atom. The van der Waals surface area contributed by atoms with Crippen LogP contribution in [0.2, 0.25) is 5.02 Å². The number of benzene rings is 1. The fraction of sp³-hybridized carbons (Fsp3) is 0.375. The molecule has 1 aromatic heterocycles. The van der Waals surface area contributed by atoms with Crippen LogP contribution in [0.5, 0.6) is 0 Å². The van der Waals surface area contributed by atoms with Gasteiger partial charge in [0.1, 0.15) is 23.8 Å². The van der Waals surface area contributed by atoms with Crippen molar-refractivity contribution >= 4 is 33.3 Å². The topological polar surface area (TPSA) is 87.2 Å². The zero-order chi connectivity index (χ0) is 18.6. The molecule has 1 aliphatic rings. The third-order valence-electron chi connectivity index (χ3n) is 4.01. The summed E-state index contributed by atoms with van der Waals surface area (Å²) in [4.78, 5) is 10.5. The van der Waals surface area contributed by atoms with E-state index in [-0.39, 0.29) is 16.5 Å². The van der Waals surface area contributed by atoms with Gasteiger partial charge < -0.3 is 10.2 Å². The number of nitrogens with one attached hydrogen (secondary N) is 2. The molecule has 0 aliphatic carbocycles. The van der Waals surface area contributed by atoms with Gasteiger partial charge in [0.2, 0.25) is 10.0 Å². The summed E-state index contributed by atoms with van der Waals surface area (Å²) < 4.78 is 40.0. The Morgan fingerprint density at radius 1 is 1.15 bits per heavy atom. The van der Waals surface area contributed by atoms with Crippen LogP contribution in [0, 0.1) is 5.82 Å². The standard InChI is InChI=1S/C16H19ClFN5O2S/c17-13-9-12(3-4-14(13)18)26(24,25)22-6-5-19-15-10-16(21-11-20-15)23-7-1-2-8-23/h3-4,9-11,22H,1-2,5-8H2,(H,19,20,21). The second kappa shape index (κ2) is 8.15. The minimum atomic E-state index is -3.76. The van der Waals surface area contributed by atoms with E-state index in [2.05, 4.69) is 24.9 Å². The molecule has 1 saturated heterocycles. The Morgan fingerprint density at radius 2 is 1.92 bits per heavy atom. The normalized spacial score (nSPS) is 14.6. The van der Waals surface area contributed by atoms with E-state index >= 15 is 0 Å². The molecular weight excluding hydrogens is 381 g/mol. The van der Waals surface area contributed by atoms with Crippen LogP contribution in [-0.4, -0.2) is 44.6 Å². The van der Waals surface area contributed by atoms with Crippen LogP contribution in [0.4, 0.5) is 16.0 Å². The molecule has 2 N–H and O–H groups in total.